The van der Waals surface area contributed by atoms with Crippen LogP contribution in [0.2, 0.25) is 0 Å². The molecule has 0 atom stereocenters. The molecule has 1 aromatic heterocycles. The summed E-state index contributed by atoms with van der Waals surface area (Å²) in [6.07, 6.45) is 2.19. The highest BCUT2D eigenvalue weighted by Crippen LogP contribution is 2.29. The Morgan fingerprint density at radius 2 is 1.90 bits per heavy atom. The number of anilines is 1. The Balaban J connectivity index is 2.13. The standard InChI is InChI=1S/C17H16FN3/c1-2-10-19-17-20-11-15(18)16(21-17)14-9-5-7-12-6-3-4-8-13(12)14/h3-9,11H,2,10H2,1H3,(H,19,20,21). The lowest BCUT2D eigenvalue weighted by atomic mass is 10.0. The van der Waals surface area contributed by atoms with E-state index in [4.69, 9.17) is 0 Å². The number of hydrogen-bond donors (Lipinski definition) is 1. The first-order valence-corrected chi connectivity index (χ1v) is 7.04. The summed E-state index contributed by atoms with van der Waals surface area (Å²) in [6, 6.07) is 13.7. The third-order valence-corrected chi connectivity index (χ3v) is 3.32. The molecular formula is C17H16FN3. The summed E-state index contributed by atoms with van der Waals surface area (Å²) < 4.78 is 14.2. The van der Waals surface area contributed by atoms with Crippen LogP contribution >= 0.6 is 0 Å². The molecule has 0 aliphatic carbocycles. The van der Waals surface area contributed by atoms with Gasteiger partial charge in [-0.15, -0.1) is 0 Å². The highest BCUT2D eigenvalue weighted by molar-refractivity contribution is 5.95. The molecule has 0 aliphatic rings. The molecule has 106 valence electrons. The predicted octanol–water partition coefficient (Wildman–Crippen LogP) is 4.26. The molecule has 0 unspecified atom stereocenters. The third-order valence-electron chi connectivity index (χ3n) is 3.32. The van der Waals surface area contributed by atoms with Gasteiger partial charge in [-0.3, -0.25) is 0 Å². The molecule has 4 heteroatoms. The third kappa shape index (κ3) is 2.70. The molecule has 0 amide bonds. The van der Waals surface area contributed by atoms with Crippen LogP contribution in [0.15, 0.2) is 48.7 Å². The zero-order chi connectivity index (χ0) is 14.7. The van der Waals surface area contributed by atoms with Crippen molar-refractivity contribution in [3.8, 4) is 11.3 Å². The van der Waals surface area contributed by atoms with E-state index in [9.17, 15) is 4.39 Å². The van der Waals surface area contributed by atoms with E-state index in [0.29, 0.717) is 11.6 Å². The Bertz CT molecular complexity index is 766. The van der Waals surface area contributed by atoms with Gasteiger partial charge in [-0.1, -0.05) is 49.4 Å². The van der Waals surface area contributed by atoms with Crippen LogP contribution in [0.1, 0.15) is 13.3 Å². The molecule has 3 rings (SSSR count). The molecule has 0 fully saturated rings. The van der Waals surface area contributed by atoms with Gasteiger partial charge in [-0.2, -0.15) is 0 Å². The van der Waals surface area contributed by atoms with E-state index in [1.165, 1.54) is 6.20 Å². The van der Waals surface area contributed by atoms with Gasteiger partial charge in [0.2, 0.25) is 5.95 Å². The molecule has 0 aliphatic heterocycles. The van der Waals surface area contributed by atoms with E-state index in [1.807, 2.05) is 42.5 Å². The molecule has 1 heterocycles. The lowest BCUT2D eigenvalue weighted by Gasteiger charge is -2.09. The maximum absolute atomic E-state index is 14.2. The zero-order valence-corrected chi connectivity index (χ0v) is 11.8. The quantitative estimate of drug-likeness (QED) is 0.776. The van der Waals surface area contributed by atoms with Crippen molar-refractivity contribution in [1.29, 1.82) is 0 Å². The van der Waals surface area contributed by atoms with Crippen LogP contribution in [0.5, 0.6) is 0 Å². The number of halogens is 1. The second kappa shape index (κ2) is 5.87. The number of aromatic nitrogens is 2. The molecular weight excluding hydrogens is 265 g/mol. The zero-order valence-electron chi connectivity index (χ0n) is 11.8. The van der Waals surface area contributed by atoms with E-state index in [-0.39, 0.29) is 0 Å². The van der Waals surface area contributed by atoms with Crippen LogP contribution in [-0.4, -0.2) is 16.5 Å². The van der Waals surface area contributed by atoms with E-state index in [2.05, 4.69) is 22.2 Å². The number of nitrogens with one attached hydrogen (secondary N) is 1. The monoisotopic (exact) mass is 281 g/mol. The fraction of sp³-hybridized carbons (Fsp3) is 0.176. The van der Waals surface area contributed by atoms with E-state index in [1.54, 1.807) is 0 Å². The topological polar surface area (TPSA) is 37.8 Å². The summed E-state index contributed by atoms with van der Waals surface area (Å²) in [5.41, 5.74) is 1.12. The minimum absolute atomic E-state index is 0.334. The SMILES string of the molecule is CCCNc1ncc(F)c(-c2cccc3ccccc23)n1. The largest absolute Gasteiger partial charge is 0.354 e. The highest BCUT2D eigenvalue weighted by Gasteiger charge is 2.12. The van der Waals surface area contributed by atoms with Crippen molar-refractivity contribution >= 4 is 16.7 Å². The van der Waals surface area contributed by atoms with E-state index >= 15 is 0 Å². The molecule has 0 radical (unpaired) electrons. The van der Waals surface area contributed by atoms with Crippen molar-refractivity contribution in [3.05, 3.63) is 54.5 Å². The van der Waals surface area contributed by atoms with Crippen LogP contribution in [0.25, 0.3) is 22.0 Å². The lowest BCUT2D eigenvalue weighted by molar-refractivity contribution is 0.618. The van der Waals surface area contributed by atoms with Gasteiger partial charge in [0.15, 0.2) is 5.82 Å². The molecule has 0 bridgehead atoms. The Morgan fingerprint density at radius 1 is 1.10 bits per heavy atom. The fourth-order valence-electron chi connectivity index (χ4n) is 2.31. The summed E-state index contributed by atoms with van der Waals surface area (Å²) in [5, 5.41) is 5.14. The van der Waals surface area contributed by atoms with Gasteiger partial charge in [0.1, 0.15) is 5.69 Å². The van der Waals surface area contributed by atoms with Gasteiger partial charge in [-0.05, 0) is 17.2 Å². The molecule has 0 saturated carbocycles. The molecule has 21 heavy (non-hydrogen) atoms. The average molecular weight is 281 g/mol. The average Bonchev–Trinajstić information content (AvgIpc) is 2.54. The van der Waals surface area contributed by atoms with Crippen molar-refractivity contribution in [2.24, 2.45) is 0 Å². The smallest absolute Gasteiger partial charge is 0.223 e. The maximum Gasteiger partial charge on any atom is 0.223 e. The maximum atomic E-state index is 14.2. The van der Waals surface area contributed by atoms with Gasteiger partial charge in [0.25, 0.3) is 0 Å². The Hall–Kier alpha value is -2.49. The molecule has 3 aromatic rings. The number of benzene rings is 2. The lowest BCUT2D eigenvalue weighted by Crippen LogP contribution is -2.05. The Morgan fingerprint density at radius 3 is 2.76 bits per heavy atom. The predicted molar refractivity (Wildman–Crippen MR) is 83.7 cm³/mol. The normalized spacial score (nSPS) is 10.8. The second-order valence-corrected chi connectivity index (χ2v) is 4.84. The summed E-state index contributed by atoms with van der Waals surface area (Å²) in [7, 11) is 0. The van der Waals surface area contributed by atoms with E-state index < -0.39 is 5.82 Å². The number of fused-ring (bicyclic) bond motifs is 1. The minimum atomic E-state index is -0.409. The highest BCUT2D eigenvalue weighted by atomic mass is 19.1. The molecule has 3 nitrogen and oxygen atoms in total. The van der Waals surface area contributed by atoms with Gasteiger partial charge in [-0.25, -0.2) is 14.4 Å². The number of hydrogen-bond acceptors (Lipinski definition) is 3. The van der Waals surface area contributed by atoms with Gasteiger partial charge < -0.3 is 5.32 Å². The first-order chi connectivity index (χ1) is 10.3. The summed E-state index contributed by atoms with van der Waals surface area (Å²) in [6.45, 7) is 2.82. The first kappa shape index (κ1) is 13.5. The fourth-order valence-corrected chi connectivity index (χ4v) is 2.31. The molecule has 0 saturated heterocycles. The van der Waals surface area contributed by atoms with Crippen LogP contribution in [0.4, 0.5) is 10.3 Å². The van der Waals surface area contributed by atoms with Gasteiger partial charge in [0.05, 0.1) is 6.20 Å². The molecule has 1 N–H and O–H groups in total. The van der Waals surface area contributed by atoms with Crippen molar-refractivity contribution in [2.45, 2.75) is 13.3 Å². The summed E-state index contributed by atoms with van der Waals surface area (Å²) in [4.78, 5) is 8.32. The minimum Gasteiger partial charge on any atom is -0.354 e. The molecule has 0 spiro atoms. The Labute approximate surface area is 122 Å². The van der Waals surface area contributed by atoms with Crippen molar-refractivity contribution in [1.82, 2.24) is 9.97 Å². The van der Waals surface area contributed by atoms with Crippen molar-refractivity contribution < 1.29 is 4.39 Å². The second-order valence-electron chi connectivity index (χ2n) is 4.84. The van der Waals surface area contributed by atoms with Crippen LogP contribution in [-0.2, 0) is 0 Å². The van der Waals surface area contributed by atoms with Crippen LogP contribution in [0, 0.1) is 5.82 Å². The van der Waals surface area contributed by atoms with E-state index in [0.717, 1.165) is 29.3 Å². The molecule has 2 aromatic carbocycles. The van der Waals surface area contributed by atoms with Crippen LogP contribution in [0.3, 0.4) is 0 Å². The summed E-state index contributed by atoms with van der Waals surface area (Å²) in [5.74, 6) is 0.0505. The van der Waals surface area contributed by atoms with Crippen LogP contribution < -0.4 is 5.32 Å². The van der Waals surface area contributed by atoms with Gasteiger partial charge >= 0.3 is 0 Å². The Kier molecular flexibility index (Phi) is 3.77. The van der Waals surface area contributed by atoms with Gasteiger partial charge in [0, 0.05) is 12.1 Å². The number of rotatable bonds is 4. The van der Waals surface area contributed by atoms with Crippen molar-refractivity contribution in [3.63, 3.8) is 0 Å². The number of nitrogens with zero attached hydrogens (tertiary/aromatic N) is 2. The first-order valence-electron chi connectivity index (χ1n) is 7.04. The van der Waals surface area contributed by atoms with Crippen molar-refractivity contribution in [2.75, 3.05) is 11.9 Å². The summed E-state index contributed by atoms with van der Waals surface area (Å²) >= 11 is 0.